The van der Waals surface area contributed by atoms with Crippen LogP contribution in [0.2, 0.25) is 0 Å². The molecule has 0 amide bonds. The van der Waals surface area contributed by atoms with Crippen molar-refractivity contribution in [2.75, 3.05) is 49.2 Å². The highest BCUT2D eigenvalue weighted by molar-refractivity contribution is 5.72. The third-order valence-corrected chi connectivity index (χ3v) is 20.1. The van der Waals surface area contributed by atoms with Crippen LogP contribution >= 0.6 is 0 Å². The van der Waals surface area contributed by atoms with Gasteiger partial charge in [0.2, 0.25) is 0 Å². The molecule has 13 aliphatic rings. The number of allylic oxidation sites excluding steroid dienone is 2. The average Bonchev–Trinajstić information content (AvgIpc) is 3.89. The molecule has 2 saturated carbocycles. The van der Waals surface area contributed by atoms with Crippen molar-refractivity contribution in [3.8, 4) is 0 Å². The molecule has 0 N–H and O–H groups in total. The van der Waals surface area contributed by atoms with Crippen LogP contribution in [0.25, 0.3) is 0 Å². The molecule has 16 atom stereocenters. The van der Waals surface area contributed by atoms with Gasteiger partial charge in [-0.25, -0.2) is 0 Å². The number of benzene rings is 2. The van der Waals surface area contributed by atoms with Gasteiger partial charge in [-0.1, -0.05) is 60.7 Å². The van der Waals surface area contributed by atoms with Gasteiger partial charge in [-0.05, 0) is 72.2 Å². The van der Waals surface area contributed by atoms with Crippen LogP contribution in [0.5, 0.6) is 0 Å². The van der Waals surface area contributed by atoms with E-state index >= 15 is 0 Å². The summed E-state index contributed by atoms with van der Waals surface area (Å²) in [5, 5.41) is 0. The van der Waals surface area contributed by atoms with Crippen LogP contribution in [0.3, 0.4) is 0 Å². The van der Waals surface area contributed by atoms with Crippen LogP contribution in [0.1, 0.15) is 75.3 Å². The summed E-state index contributed by atoms with van der Waals surface area (Å²) in [5.41, 5.74) is 10.1. The molecule has 2 aromatic rings. The number of rotatable bonds is 2. The van der Waals surface area contributed by atoms with Crippen molar-refractivity contribution in [2.24, 2.45) is 23.7 Å². The zero-order valence-electron chi connectivity index (χ0n) is 33.7. The van der Waals surface area contributed by atoms with Crippen molar-refractivity contribution in [2.45, 2.75) is 124 Å². The van der Waals surface area contributed by atoms with Gasteiger partial charge in [-0.3, -0.25) is 0 Å². The van der Waals surface area contributed by atoms with Crippen LogP contribution in [0, 0.1) is 23.7 Å². The molecule has 8 heteroatoms. The molecule has 6 nitrogen and oxygen atoms in total. The zero-order valence-corrected chi connectivity index (χ0v) is 36.9. The van der Waals surface area contributed by atoms with Crippen LogP contribution in [-0.4, -0.2) is 97.1 Å². The van der Waals surface area contributed by atoms with E-state index in [4.69, 9.17) is 9.47 Å². The van der Waals surface area contributed by atoms with Crippen LogP contribution < -0.4 is 43.8 Å². The van der Waals surface area contributed by atoms with Gasteiger partial charge < -0.3 is 62.2 Å². The Hall–Kier alpha value is -2.20. The van der Waals surface area contributed by atoms with Crippen molar-refractivity contribution in [3.63, 3.8) is 0 Å². The molecule has 0 radical (unpaired) electrons. The summed E-state index contributed by atoms with van der Waals surface area (Å²) in [4.78, 5) is 6.09. The zero-order chi connectivity index (χ0) is 36.2. The fourth-order valence-corrected chi connectivity index (χ4v) is 18.7. The molecule has 14 unspecified atom stereocenters. The van der Waals surface area contributed by atoms with Crippen molar-refractivity contribution in [1.82, 2.24) is 0 Å². The Labute approximate surface area is 365 Å². The lowest BCUT2D eigenvalue weighted by molar-refractivity contribution is -0.960. The Morgan fingerprint density at radius 2 is 1.07 bits per heavy atom. The average molecular weight is 907 g/mol. The number of nitrogens with zero attached hydrogens (tertiary/aromatic N) is 4. The normalized spacial score (nSPS) is 49.5. The van der Waals surface area contributed by atoms with E-state index in [1.54, 1.807) is 22.3 Å². The largest absolute Gasteiger partial charge is 1.00 e. The number of hydrogen-bond acceptors (Lipinski definition) is 4. The number of ether oxygens (including phenoxy) is 2. The third kappa shape index (κ3) is 3.91. The number of hydrogen-bond donors (Lipinski definition) is 0. The summed E-state index contributed by atoms with van der Waals surface area (Å²) in [6, 6.07) is 23.1. The molecule has 15 rings (SSSR count). The van der Waals surface area contributed by atoms with E-state index in [-0.39, 0.29) is 57.2 Å². The van der Waals surface area contributed by atoms with Gasteiger partial charge in [-0.15, -0.1) is 0 Å². The minimum absolute atomic E-state index is 0. The third-order valence-electron chi connectivity index (χ3n) is 20.1. The van der Waals surface area contributed by atoms with Gasteiger partial charge >= 0.3 is 0 Å². The Bertz CT molecular complexity index is 2070. The molecule has 4 bridgehead atoms. The lowest BCUT2D eigenvalue weighted by Crippen LogP contribution is -3.00. The lowest BCUT2D eigenvalue weighted by Gasteiger charge is -2.66. The van der Waals surface area contributed by atoms with E-state index in [0.29, 0.717) is 59.9 Å². The van der Waals surface area contributed by atoms with Gasteiger partial charge in [0.25, 0.3) is 0 Å². The molecule has 2 aromatic carbocycles. The maximum atomic E-state index is 7.68. The molecule has 4 aliphatic carbocycles. The minimum Gasteiger partial charge on any atom is -1.00 e. The summed E-state index contributed by atoms with van der Waals surface area (Å²) >= 11 is 0. The second-order valence-electron chi connectivity index (χ2n) is 21.0. The Kier molecular flexibility index (Phi) is 7.70. The summed E-state index contributed by atoms with van der Waals surface area (Å²) < 4.78 is 17.9. The monoisotopic (exact) mass is 904 g/mol. The predicted octanol–water partition coefficient (Wildman–Crippen LogP) is 1.52. The van der Waals surface area contributed by atoms with E-state index in [9.17, 15) is 0 Å². The first-order chi connectivity index (χ1) is 27.7. The van der Waals surface area contributed by atoms with E-state index in [1.807, 2.05) is 0 Å². The molecule has 0 aromatic heterocycles. The van der Waals surface area contributed by atoms with Crippen molar-refractivity contribution in [1.29, 1.82) is 0 Å². The molecule has 58 heavy (non-hydrogen) atoms. The fraction of sp³-hybridized carbons (Fsp3) is 0.600. The van der Waals surface area contributed by atoms with E-state index in [0.717, 1.165) is 13.2 Å². The summed E-state index contributed by atoms with van der Waals surface area (Å²) in [7, 11) is 0. The Balaban J connectivity index is 0.00000175. The smallest absolute Gasteiger partial charge is 0.136 e. The SMILES string of the molecule is C1=CC([N@+]23CCC45c6ccccc6N6C7OCC=C8C[N@+]9(C%10C=CCCC%10)CCC%10%11c%12ccccc%12N(C%12OCC=C(C2)C(CC43)C%12C65)C%10C7C8CC%119)CCC1.[Br-].[Br-]. The fourth-order valence-electron chi connectivity index (χ4n) is 18.7. The van der Waals surface area contributed by atoms with Gasteiger partial charge in [0.15, 0.2) is 0 Å². The number of para-hydroxylation sites is 2. The van der Waals surface area contributed by atoms with Gasteiger partial charge in [-0.2, -0.15) is 0 Å². The predicted molar refractivity (Wildman–Crippen MR) is 218 cm³/mol. The number of fused-ring (bicyclic) bond motifs is 6. The maximum absolute atomic E-state index is 7.68. The number of halogens is 2. The summed E-state index contributed by atoms with van der Waals surface area (Å²) in [6.45, 7) is 6.56. The van der Waals surface area contributed by atoms with Crippen molar-refractivity contribution >= 4 is 11.4 Å². The molecule has 9 aliphatic heterocycles. The summed E-state index contributed by atoms with van der Waals surface area (Å²) in [6.07, 6.45) is 28.9. The molecule has 7 fully saturated rings. The second kappa shape index (κ2) is 12.2. The number of piperidine rings is 2. The minimum atomic E-state index is 0. The van der Waals surface area contributed by atoms with Crippen LogP contribution in [0.4, 0.5) is 11.4 Å². The maximum Gasteiger partial charge on any atom is 0.136 e. The first-order valence-electron chi connectivity index (χ1n) is 23.1. The molecule has 9 heterocycles. The van der Waals surface area contributed by atoms with E-state index in [1.165, 1.54) is 111 Å². The Morgan fingerprint density at radius 3 is 1.52 bits per heavy atom. The number of quaternary nitrogens is 2. The molecular weight excluding hydrogens is 848 g/mol. The van der Waals surface area contributed by atoms with E-state index < -0.39 is 0 Å². The first kappa shape index (κ1) is 36.5. The van der Waals surface area contributed by atoms with E-state index in [2.05, 4.69) is 94.8 Å². The van der Waals surface area contributed by atoms with Crippen LogP contribution in [-0.2, 0) is 20.3 Å². The molecule has 5 saturated heterocycles. The number of anilines is 2. The van der Waals surface area contributed by atoms with Crippen molar-refractivity contribution in [3.05, 3.63) is 107 Å². The van der Waals surface area contributed by atoms with Gasteiger partial charge in [0.05, 0.1) is 49.2 Å². The molecule has 304 valence electrons. The van der Waals surface area contributed by atoms with Crippen molar-refractivity contribution < 1.29 is 52.4 Å². The molecular formula is C50H58Br2N4O2. The Morgan fingerprint density at radius 1 is 0.603 bits per heavy atom. The molecule has 2 spiro atoms. The topological polar surface area (TPSA) is 24.9 Å². The highest BCUT2D eigenvalue weighted by Crippen LogP contribution is 2.73. The standard InChI is InChI=1S/C50H58N4O2.2BrH/c1-3-11-33(12-4-1)53-23-21-49-37-15-7-9-17-39(37)51-45(49)43-35(27-41(49)53)31(29-53)19-25-55-47(43)52-40-18-10-8-16-38(40)50-22-24-54(34-13-5-2-6-14-34)30-32-20-26-56-48(51)44(46(50)52)36(32)28-42(50)54;;/h3,5,7-11,13,15-20,33-36,41-48H,1-2,4,6,12,14,21-30H2;2*1H/q+2;;/p-2/t33?,34?,35?,36?,41?,42?,43?,44?,45?,46?,47?,48?,49?,50?,53-,54-;;/m0../s1. The lowest BCUT2D eigenvalue weighted by atomic mass is 9.52. The highest BCUT2D eigenvalue weighted by Gasteiger charge is 2.81. The second-order valence-corrected chi connectivity index (χ2v) is 21.0. The van der Waals surface area contributed by atoms with Gasteiger partial charge in [0.1, 0.15) is 49.7 Å². The van der Waals surface area contributed by atoms with Gasteiger partial charge in [0, 0.05) is 73.6 Å². The summed E-state index contributed by atoms with van der Waals surface area (Å²) in [5.74, 6) is 1.88. The first-order valence-corrected chi connectivity index (χ1v) is 23.1. The quantitative estimate of drug-likeness (QED) is 0.338. The van der Waals surface area contributed by atoms with Crippen LogP contribution in [0.15, 0.2) is 96.1 Å². The highest BCUT2D eigenvalue weighted by atomic mass is 79.9.